The molecule has 0 radical (unpaired) electrons. The SMILES string of the molecule is COc1ccc(C(=O)N2CCN(C)CC2)cc1NC(=O)c1ccc(OCc2ccccc2)cc1. The van der Waals surface area contributed by atoms with Gasteiger partial charge in [0, 0.05) is 37.3 Å². The van der Waals surface area contributed by atoms with Crippen molar-refractivity contribution in [1.29, 1.82) is 0 Å². The molecule has 7 heteroatoms. The van der Waals surface area contributed by atoms with Gasteiger partial charge in [-0.15, -0.1) is 0 Å². The number of ether oxygens (including phenoxy) is 2. The first-order chi connectivity index (χ1) is 16.5. The van der Waals surface area contributed by atoms with E-state index in [-0.39, 0.29) is 11.8 Å². The zero-order valence-electron chi connectivity index (χ0n) is 19.5. The van der Waals surface area contributed by atoms with E-state index < -0.39 is 0 Å². The summed E-state index contributed by atoms with van der Waals surface area (Å²) in [5.74, 6) is 0.826. The second-order valence-electron chi connectivity index (χ2n) is 8.26. The zero-order valence-corrected chi connectivity index (χ0v) is 19.5. The number of nitrogens with zero attached hydrogens (tertiary/aromatic N) is 2. The molecule has 1 aliphatic rings. The number of likely N-dealkylation sites (N-methyl/N-ethyl adjacent to an activating group) is 1. The van der Waals surface area contributed by atoms with Crippen molar-refractivity contribution in [1.82, 2.24) is 9.80 Å². The van der Waals surface area contributed by atoms with E-state index in [1.807, 2.05) is 42.3 Å². The molecule has 7 nitrogen and oxygen atoms in total. The summed E-state index contributed by atoms with van der Waals surface area (Å²) in [6, 6.07) is 22.0. The molecule has 1 aliphatic heterocycles. The summed E-state index contributed by atoms with van der Waals surface area (Å²) in [6.45, 7) is 3.51. The first kappa shape index (κ1) is 23.3. The van der Waals surface area contributed by atoms with Crippen LogP contribution in [0.5, 0.6) is 11.5 Å². The summed E-state index contributed by atoms with van der Waals surface area (Å²) >= 11 is 0. The van der Waals surface area contributed by atoms with Gasteiger partial charge in [-0.1, -0.05) is 30.3 Å². The highest BCUT2D eigenvalue weighted by Crippen LogP contribution is 2.27. The number of carbonyl (C=O) groups is 2. The lowest BCUT2D eigenvalue weighted by Crippen LogP contribution is -2.47. The molecule has 1 heterocycles. The van der Waals surface area contributed by atoms with Crippen molar-refractivity contribution in [3.05, 3.63) is 89.5 Å². The third kappa shape index (κ3) is 5.74. The van der Waals surface area contributed by atoms with E-state index in [1.54, 1.807) is 42.5 Å². The van der Waals surface area contributed by atoms with E-state index in [9.17, 15) is 9.59 Å². The Labute approximate surface area is 199 Å². The summed E-state index contributed by atoms with van der Waals surface area (Å²) in [5, 5.41) is 2.88. The summed E-state index contributed by atoms with van der Waals surface area (Å²) in [5.41, 5.74) is 2.52. The van der Waals surface area contributed by atoms with E-state index in [0.717, 1.165) is 18.7 Å². The number of amides is 2. The number of piperazine rings is 1. The van der Waals surface area contributed by atoms with Crippen molar-refractivity contribution in [2.24, 2.45) is 0 Å². The van der Waals surface area contributed by atoms with Crippen molar-refractivity contribution in [2.45, 2.75) is 6.61 Å². The van der Waals surface area contributed by atoms with Gasteiger partial charge in [0.2, 0.25) is 0 Å². The molecule has 3 aromatic carbocycles. The lowest BCUT2D eigenvalue weighted by atomic mass is 10.1. The Bertz CT molecular complexity index is 1120. The van der Waals surface area contributed by atoms with Gasteiger partial charge < -0.3 is 24.6 Å². The van der Waals surface area contributed by atoms with Gasteiger partial charge in [-0.2, -0.15) is 0 Å². The summed E-state index contributed by atoms with van der Waals surface area (Å²) in [7, 11) is 3.58. The van der Waals surface area contributed by atoms with Gasteiger partial charge in [0.25, 0.3) is 11.8 Å². The number of hydrogen-bond donors (Lipinski definition) is 1. The van der Waals surface area contributed by atoms with Crippen molar-refractivity contribution in [3.63, 3.8) is 0 Å². The standard InChI is InChI=1S/C27H29N3O4/c1-29-14-16-30(17-15-29)27(32)22-10-13-25(33-2)24(18-22)28-26(31)21-8-11-23(12-9-21)34-19-20-6-4-3-5-7-20/h3-13,18H,14-17,19H2,1-2H3,(H,28,31). The van der Waals surface area contributed by atoms with Gasteiger partial charge >= 0.3 is 0 Å². The monoisotopic (exact) mass is 459 g/mol. The first-order valence-electron chi connectivity index (χ1n) is 11.3. The molecule has 34 heavy (non-hydrogen) atoms. The van der Waals surface area contributed by atoms with Crippen molar-refractivity contribution in [2.75, 3.05) is 45.7 Å². The zero-order chi connectivity index (χ0) is 23.9. The Hall–Kier alpha value is -3.84. The summed E-state index contributed by atoms with van der Waals surface area (Å²) in [4.78, 5) is 29.9. The number of anilines is 1. The first-order valence-corrected chi connectivity index (χ1v) is 11.3. The van der Waals surface area contributed by atoms with Crippen LogP contribution in [0.4, 0.5) is 5.69 Å². The van der Waals surface area contributed by atoms with Crippen molar-refractivity contribution in [3.8, 4) is 11.5 Å². The van der Waals surface area contributed by atoms with Gasteiger partial charge in [0.05, 0.1) is 12.8 Å². The number of carbonyl (C=O) groups excluding carboxylic acids is 2. The fraction of sp³-hybridized carbons (Fsp3) is 0.259. The molecular formula is C27H29N3O4. The topological polar surface area (TPSA) is 71.1 Å². The van der Waals surface area contributed by atoms with Crippen LogP contribution in [0.3, 0.4) is 0 Å². The van der Waals surface area contributed by atoms with Crippen LogP contribution in [0.25, 0.3) is 0 Å². The largest absolute Gasteiger partial charge is 0.495 e. The molecule has 1 fully saturated rings. The molecule has 4 rings (SSSR count). The number of hydrogen-bond acceptors (Lipinski definition) is 5. The maximum Gasteiger partial charge on any atom is 0.255 e. The van der Waals surface area contributed by atoms with Gasteiger partial charge in [-0.3, -0.25) is 9.59 Å². The summed E-state index contributed by atoms with van der Waals surface area (Å²) < 4.78 is 11.2. The van der Waals surface area contributed by atoms with Gasteiger partial charge in [0.15, 0.2) is 0 Å². The fourth-order valence-corrected chi connectivity index (χ4v) is 3.77. The van der Waals surface area contributed by atoms with Crippen LogP contribution in [0, 0.1) is 0 Å². The van der Waals surface area contributed by atoms with E-state index in [0.29, 0.717) is 48.0 Å². The van der Waals surface area contributed by atoms with Crippen molar-refractivity contribution >= 4 is 17.5 Å². The van der Waals surface area contributed by atoms with E-state index in [4.69, 9.17) is 9.47 Å². The molecule has 2 amide bonds. The summed E-state index contributed by atoms with van der Waals surface area (Å²) in [6.07, 6.45) is 0. The van der Waals surface area contributed by atoms with E-state index in [1.165, 1.54) is 7.11 Å². The smallest absolute Gasteiger partial charge is 0.255 e. The number of nitrogens with one attached hydrogen (secondary N) is 1. The lowest BCUT2D eigenvalue weighted by Gasteiger charge is -2.32. The minimum Gasteiger partial charge on any atom is -0.495 e. The molecule has 0 spiro atoms. The Morgan fingerprint density at radius 3 is 2.24 bits per heavy atom. The Kier molecular flexibility index (Phi) is 7.44. The predicted molar refractivity (Wildman–Crippen MR) is 132 cm³/mol. The molecule has 0 aliphatic carbocycles. The third-order valence-corrected chi connectivity index (χ3v) is 5.85. The minimum atomic E-state index is -0.294. The van der Waals surface area contributed by atoms with Crippen LogP contribution in [-0.2, 0) is 6.61 Å². The molecule has 176 valence electrons. The highest BCUT2D eigenvalue weighted by Gasteiger charge is 2.21. The molecule has 0 bridgehead atoms. The van der Waals surface area contributed by atoms with E-state index in [2.05, 4.69) is 10.2 Å². The van der Waals surface area contributed by atoms with Gasteiger partial charge in [0.1, 0.15) is 18.1 Å². The molecule has 1 N–H and O–H groups in total. The van der Waals surface area contributed by atoms with Crippen LogP contribution in [0.15, 0.2) is 72.8 Å². The molecule has 0 atom stereocenters. The fourth-order valence-electron chi connectivity index (χ4n) is 3.77. The maximum absolute atomic E-state index is 13.0. The lowest BCUT2D eigenvalue weighted by molar-refractivity contribution is 0.0664. The van der Waals surface area contributed by atoms with Gasteiger partial charge in [-0.05, 0) is 55.1 Å². The molecular weight excluding hydrogens is 430 g/mol. The predicted octanol–water partition coefficient (Wildman–Crippen LogP) is 3.91. The van der Waals surface area contributed by atoms with Crippen LogP contribution >= 0.6 is 0 Å². The number of benzene rings is 3. The molecule has 0 unspecified atom stereocenters. The number of methoxy groups -OCH3 is 1. The van der Waals surface area contributed by atoms with Crippen LogP contribution in [0.1, 0.15) is 26.3 Å². The third-order valence-electron chi connectivity index (χ3n) is 5.85. The molecule has 3 aromatic rings. The second-order valence-corrected chi connectivity index (χ2v) is 8.26. The Morgan fingerprint density at radius 1 is 0.882 bits per heavy atom. The minimum absolute atomic E-state index is 0.0498. The average molecular weight is 460 g/mol. The quantitative estimate of drug-likeness (QED) is 0.580. The van der Waals surface area contributed by atoms with Crippen molar-refractivity contribution < 1.29 is 19.1 Å². The van der Waals surface area contributed by atoms with Crippen LogP contribution < -0.4 is 14.8 Å². The van der Waals surface area contributed by atoms with Crippen LogP contribution in [0.2, 0.25) is 0 Å². The number of rotatable bonds is 7. The highest BCUT2D eigenvalue weighted by molar-refractivity contribution is 6.06. The molecule has 0 saturated carbocycles. The molecule has 0 aromatic heterocycles. The Balaban J connectivity index is 1.42. The highest BCUT2D eigenvalue weighted by atomic mass is 16.5. The van der Waals surface area contributed by atoms with E-state index >= 15 is 0 Å². The average Bonchev–Trinajstić information content (AvgIpc) is 2.88. The van der Waals surface area contributed by atoms with Gasteiger partial charge in [-0.25, -0.2) is 0 Å². The normalized spacial score (nSPS) is 13.9. The molecule has 1 saturated heterocycles. The Morgan fingerprint density at radius 2 is 1.56 bits per heavy atom. The second kappa shape index (κ2) is 10.9. The maximum atomic E-state index is 13.0. The van der Waals surface area contributed by atoms with Crippen LogP contribution in [-0.4, -0.2) is 62.0 Å².